The summed E-state index contributed by atoms with van der Waals surface area (Å²) >= 11 is 0. The Hall–Kier alpha value is -3.66. The van der Waals surface area contributed by atoms with Crippen LogP contribution in [0.1, 0.15) is 23.1 Å². The van der Waals surface area contributed by atoms with Crippen LogP contribution in [0.25, 0.3) is 11.1 Å². The lowest BCUT2D eigenvalue weighted by Gasteiger charge is -2.13. The quantitative estimate of drug-likeness (QED) is 0.703. The molecule has 3 N–H and O–H groups in total. The molecule has 7 nitrogen and oxygen atoms in total. The van der Waals surface area contributed by atoms with Gasteiger partial charge in [0.15, 0.2) is 0 Å². The number of rotatable bonds is 4. The van der Waals surface area contributed by atoms with Gasteiger partial charge < -0.3 is 10.6 Å². The summed E-state index contributed by atoms with van der Waals surface area (Å²) in [5.41, 5.74) is 4.98. The second-order valence-corrected chi connectivity index (χ2v) is 7.07. The molecule has 0 radical (unpaired) electrons. The monoisotopic (exact) mass is 374 g/mol. The molecule has 2 aromatic carbocycles. The van der Waals surface area contributed by atoms with Crippen LogP contribution in [-0.2, 0) is 22.4 Å². The Labute approximate surface area is 161 Å². The maximum absolute atomic E-state index is 12.2. The zero-order valence-corrected chi connectivity index (χ0v) is 15.0. The van der Waals surface area contributed by atoms with E-state index >= 15 is 0 Å². The molecule has 0 aromatic heterocycles. The summed E-state index contributed by atoms with van der Waals surface area (Å²) < 4.78 is 0. The van der Waals surface area contributed by atoms with E-state index in [9.17, 15) is 14.4 Å². The van der Waals surface area contributed by atoms with Gasteiger partial charge in [-0.1, -0.05) is 30.3 Å². The van der Waals surface area contributed by atoms with Gasteiger partial charge in [-0.05, 0) is 47.2 Å². The molecule has 2 atom stereocenters. The van der Waals surface area contributed by atoms with Crippen LogP contribution in [0.15, 0.2) is 42.5 Å². The predicted octanol–water partition coefficient (Wildman–Crippen LogP) is 1.41. The van der Waals surface area contributed by atoms with E-state index in [0.717, 1.165) is 23.1 Å². The molecule has 1 saturated heterocycles. The molecule has 28 heavy (non-hydrogen) atoms. The number of carbonyl (C=O) groups excluding carboxylic acids is 3. The summed E-state index contributed by atoms with van der Waals surface area (Å²) in [6.07, 6.45) is 1.36. The third-order valence-electron chi connectivity index (χ3n) is 5.08. The molecule has 0 spiro atoms. The fraction of sp³-hybridized carbons (Fsp3) is 0.238. The largest absolute Gasteiger partial charge is 0.353 e. The highest BCUT2D eigenvalue weighted by Crippen LogP contribution is 2.29. The van der Waals surface area contributed by atoms with E-state index in [4.69, 9.17) is 5.26 Å². The van der Waals surface area contributed by atoms with E-state index in [0.29, 0.717) is 12.0 Å². The molecule has 1 aliphatic heterocycles. The fourth-order valence-electron chi connectivity index (χ4n) is 3.74. The summed E-state index contributed by atoms with van der Waals surface area (Å²) in [5, 5.41) is 16.6. The van der Waals surface area contributed by atoms with Crippen LogP contribution in [0.5, 0.6) is 0 Å². The van der Waals surface area contributed by atoms with Gasteiger partial charge in [0.25, 0.3) is 5.91 Å². The number of hydrogen-bond acceptors (Lipinski definition) is 4. The molecule has 2 unspecified atom stereocenters. The van der Waals surface area contributed by atoms with Crippen LogP contribution in [0.3, 0.4) is 0 Å². The van der Waals surface area contributed by atoms with Crippen molar-refractivity contribution in [2.24, 2.45) is 0 Å². The molecule has 0 saturated carbocycles. The Morgan fingerprint density at radius 1 is 1.11 bits per heavy atom. The Morgan fingerprint density at radius 3 is 2.64 bits per heavy atom. The van der Waals surface area contributed by atoms with E-state index in [2.05, 4.69) is 34.2 Å². The van der Waals surface area contributed by atoms with Gasteiger partial charge in [-0.15, -0.1) is 0 Å². The maximum atomic E-state index is 12.2. The zero-order chi connectivity index (χ0) is 19.7. The summed E-state index contributed by atoms with van der Waals surface area (Å²) in [4.78, 5) is 34.9. The van der Waals surface area contributed by atoms with Crippen molar-refractivity contribution in [3.8, 4) is 17.2 Å². The lowest BCUT2D eigenvalue weighted by atomic mass is 9.99. The molecule has 1 heterocycles. The first-order valence-electron chi connectivity index (χ1n) is 9.05. The van der Waals surface area contributed by atoms with Gasteiger partial charge in [-0.3, -0.25) is 14.9 Å². The third-order valence-corrected chi connectivity index (χ3v) is 5.08. The van der Waals surface area contributed by atoms with Crippen molar-refractivity contribution >= 4 is 17.8 Å². The van der Waals surface area contributed by atoms with Crippen LogP contribution in [-0.4, -0.2) is 29.9 Å². The van der Waals surface area contributed by atoms with Crippen molar-refractivity contribution in [2.75, 3.05) is 0 Å². The SMILES string of the molecule is N#Cc1cccc(-c2ccc3c(c2)CC(NC(=O)CC2NC(=O)NC2=O)C3)c1. The van der Waals surface area contributed by atoms with E-state index in [1.54, 1.807) is 6.07 Å². The second kappa shape index (κ2) is 7.16. The molecule has 1 fully saturated rings. The van der Waals surface area contributed by atoms with E-state index in [1.165, 1.54) is 5.56 Å². The Bertz CT molecular complexity index is 1020. The minimum atomic E-state index is -0.810. The number of nitrogens with one attached hydrogen (secondary N) is 3. The van der Waals surface area contributed by atoms with E-state index in [1.807, 2.05) is 24.3 Å². The molecule has 7 heteroatoms. The second-order valence-electron chi connectivity index (χ2n) is 7.07. The Balaban J connectivity index is 1.41. The van der Waals surface area contributed by atoms with Crippen molar-refractivity contribution in [3.63, 3.8) is 0 Å². The van der Waals surface area contributed by atoms with Crippen LogP contribution in [0, 0.1) is 11.3 Å². The highest BCUT2D eigenvalue weighted by atomic mass is 16.2. The summed E-state index contributed by atoms with van der Waals surface area (Å²) in [6.45, 7) is 0. The number of urea groups is 1. The van der Waals surface area contributed by atoms with Crippen molar-refractivity contribution in [1.29, 1.82) is 5.26 Å². The van der Waals surface area contributed by atoms with Crippen molar-refractivity contribution in [1.82, 2.24) is 16.0 Å². The fourth-order valence-corrected chi connectivity index (χ4v) is 3.74. The first kappa shape index (κ1) is 17.7. The number of imide groups is 1. The zero-order valence-electron chi connectivity index (χ0n) is 15.0. The Morgan fingerprint density at radius 2 is 1.89 bits per heavy atom. The molecule has 2 aromatic rings. The first-order chi connectivity index (χ1) is 13.5. The lowest BCUT2D eigenvalue weighted by Crippen LogP contribution is -2.40. The molecule has 1 aliphatic carbocycles. The normalized spacial score (nSPS) is 20.1. The van der Waals surface area contributed by atoms with Gasteiger partial charge in [0.1, 0.15) is 6.04 Å². The number of nitriles is 1. The lowest BCUT2D eigenvalue weighted by molar-refractivity contribution is -0.126. The maximum Gasteiger partial charge on any atom is 0.322 e. The van der Waals surface area contributed by atoms with Gasteiger partial charge in [0.2, 0.25) is 5.91 Å². The summed E-state index contributed by atoms with van der Waals surface area (Å²) in [7, 11) is 0. The van der Waals surface area contributed by atoms with E-state index < -0.39 is 18.0 Å². The predicted molar refractivity (Wildman–Crippen MR) is 101 cm³/mol. The van der Waals surface area contributed by atoms with Gasteiger partial charge in [-0.25, -0.2) is 4.79 Å². The molecule has 0 bridgehead atoms. The van der Waals surface area contributed by atoms with Crippen LogP contribution in [0.4, 0.5) is 4.79 Å². The molecule has 4 amide bonds. The molecule has 2 aliphatic rings. The molecular formula is C21H18N4O3. The number of amides is 4. The van der Waals surface area contributed by atoms with Crippen LogP contribution < -0.4 is 16.0 Å². The van der Waals surface area contributed by atoms with Crippen LogP contribution >= 0.6 is 0 Å². The van der Waals surface area contributed by atoms with Gasteiger partial charge in [-0.2, -0.15) is 5.26 Å². The molecular weight excluding hydrogens is 356 g/mol. The third kappa shape index (κ3) is 3.58. The highest BCUT2D eigenvalue weighted by molar-refractivity contribution is 6.05. The minimum absolute atomic E-state index is 0.0386. The van der Waals surface area contributed by atoms with Gasteiger partial charge >= 0.3 is 6.03 Å². The number of carbonyl (C=O) groups is 3. The van der Waals surface area contributed by atoms with Crippen molar-refractivity contribution < 1.29 is 14.4 Å². The summed E-state index contributed by atoms with van der Waals surface area (Å²) in [5.74, 6) is -0.735. The van der Waals surface area contributed by atoms with Crippen molar-refractivity contribution in [3.05, 3.63) is 59.2 Å². The Kier molecular flexibility index (Phi) is 4.53. The minimum Gasteiger partial charge on any atom is -0.353 e. The van der Waals surface area contributed by atoms with E-state index in [-0.39, 0.29) is 18.4 Å². The average Bonchev–Trinajstić information content (AvgIpc) is 3.22. The standard InChI is InChI=1S/C21H18N4O3/c22-11-12-2-1-3-13(6-12)14-4-5-15-8-17(9-16(15)7-14)23-19(26)10-18-20(27)25-21(28)24-18/h1-7,17-18H,8-10H2,(H,23,26)(H2,24,25,27,28). The highest BCUT2D eigenvalue weighted by Gasteiger charge is 2.32. The molecule has 140 valence electrons. The average molecular weight is 374 g/mol. The number of fused-ring (bicyclic) bond motifs is 1. The van der Waals surface area contributed by atoms with Crippen molar-refractivity contribution in [2.45, 2.75) is 31.3 Å². The number of hydrogen-bond donors (Lipinski definition) is 3. The smallest absolute Gasteiger partial charge is 0.322 e. The number of benzene rings is 2. The molecule has 4 rings (SSSR count). The first-order valence-corrected chi connectivity index (χ1v) is 9.05. The van der Waals surface area contributed by atoms with Gasteiger partial charge in [0.05, 0.1) is 18.1 Å². The van der Waals surface area contributed by atoms with Gasteiger partial charge in [0, 0.05) is 6.04 Å². The van der Waals surface area contributed by atoms with Crippen LogP contribution in [0.2, 0.25) is 0 Å². The summed E-state index contributed by atoms with van der Waals surface area (Å²) in [6, 6.07) is 14.4. The number of nitrogens with zero attached hydrogens (tertiary/aromatic N) is 1. The topological polar surface area (TPSA) is 111 Å².